The molecule has 2 amide bonds. The number of rotatable bonds is 5. The first-order valence-corrected chi connectivity index (χ1v) is 11.2. The largest absolute Gasteiger partial charge is 0.431 e. The normalized spacial score (nSPS) is 21.3. The Labute approximate surface area is 179 Å². The van der Waals surface area contributed by atoms with Crippen LogP contribution in [0.5, 0.6) is 10.9 Å². The summed E-state index contributed by atoms with van der Waals surface area (Å²) in [6.07, 6.45) is 4.93. The average Bonchev–Trinajstić information content (AvgIpc) is 3.24. The molecule has 2 saturated heterocycles. The minimum Gasteiger partial charge on any atom is -0.431 e. The van der Waals surface area contributed by atoms with Gasteiger partial charge in [-0.05, 0) is 55.5 Å². The number of carbonyl (C=O) groups is 1. The van der Waals surface area contributed by atoms with Gasteiger partial charge in [0, 0.05) is 37.9 Å². The molecule has 3 aromatic rings. The van der Waals surface area contributed by atoms with E-state index in [0.29, 0.717) is 5.19 Å². The zero-order chi connectivity index (χ0) is 20.7. The number of primary amides is 1. The summed E-state index contributed by atoms with van der Waals surface area (Å²) in [5, 5.41) is 0.610. The van der Waals surface area contributed by atoms with Crippen molar-refractivity contribution in [2.75, 3.05) is 19.6 Å². The molecular weight excluding hydrogens is 398 g/mol. The molecule has 30 heavy (non-hydrogen) atoms. The van der Waals surface area contributed by atoms with Crippen molar-refractivity contribution in [1.29, 1.82) is 0 Å². The van der Waals surface area contributed by atoms with Gasteiger partial charge in [-0.1, -0.05) is 23.5 Å². The molecule has 2 aliphatic heterocycles. The number of piperazine rings is 1. The van der Waals surface area contributed by atoms with E-state index in [1.54, 1.807) is 0 Å². The quantitative estimate of drug-likeness (QED) is 0.678. The second kappa shape index (κ2) is 7.85. The maximum absolute atomic E-state index is 11.6. The third-order valence-electron chi connectivity index (χ3n) is 6.02. The van der Waals surface area contributed by atoms with E-state index in [-0.39, 0.29) is 18.1 Å². The Kier molecular flexibility index (Phi) is 5.04. The fraction of sp³-hybridized carbons (Fsp3) is 0.409. The molecule has 5 rings (SSSR count). The van der Waals surface area contributed by atoms with E-state index in [1.165, 1.54) is 16.9 Å². The summed E-state index contributed by atoms with van der Waals surface area (Å²) in [6.45, 7) is 4.86. The summed E-state index contributed by atoms with van der Waals surface area (Å²) in [5.74, 6) is 0.780. The van der Waals surface area contributed by atoms with Gasteiger partial charge in [0.2, 0.25) is 0 Å². The minimum absolute atomic E-state index is 0.267. The van der Waals surface area contributed by atoms with Crippen molar-refractivity contribution in [3.05, 3.63) is 47.7 Å². The molecule has 156 valence electrons. The van der Waals surface area contributed by atoms with Gasteiger partial charge in [-0.2, -0.15) is 4.98 Å². The Bertz CT molecular complexity index is 1050. The van der Waals surface area contributed by atoms with Crippen LogP contribution in [-0.2, 0) is 6.42 Å². The van der Waals surface area contributed by atoms with Crippen LogP contribution >= 0.6 is 11.3 Å². The Morgan fingerprint density at radius 3 is 2.67 bits per heavy atom. The van der Waals surface area contributed by atoms with Gasteiger partial charge >= 0.3 is 6.03 Å². The van der Waals surface area contributed by atoms with Crippen molar-refractivity contribution < 1.29 is 9.53 Å². The van der Waals surface area contributed by atoms with Crippen LogP contribution in [0.3, 0.4) is 0 Å². The first-order chi connectivity index (χ1) is 14.5. The number of aryl methyl sites for hydroxylation is 1. The van der Waals surface area contributed by atoms with Gasteiger partial charge < -0.3 is 15.4 Å². The lowest BCUT2D eigenvalue weighted by molar-refractivity contribution is 0.0933. The Morgan fingerprint density at radius 1 is 1.23 bits per heavy atom. The van der Waals surface area contributed by atoms with E-state index in [9.17, 15) is 4.79 Å². The standard InChI is InChI=1S/C22H25N5O2S/c1-14-10-19-20(24-11-14)25-22(30-19)29-18-6-2-15(3-7-18)8-9-26-12-16-4-5-17(13-26)27(16)21(23)28/h2-3,6-7,10-11,16-17H,4-5,8-9,12-13H2,1H3,(H2,23,28)/t16-,17+. The van der Waals surface area contributed by atoms with Crippen LogP contribution in [0, 0.1) is 6.92 Å². The molecule has 2 N–H and O–H groups in total. The number of pyridine rings is 1. The van der Waals surface area contributed by atoms with Crippen LogP contribution in [0.2, 0.25) is 0 Å². The number of urea groups is 1. The van der Waals surface area contributed by atoms with E-state index >= 15 is 0 Å². The zero-order valence-corrected chi connectivity index (χ0v) is 17.8. The molecule has 0 saturated carbocycles. The number of nitrogens with zero attached hydrogens (tertiary/aromatic N) is 4. The maximum atomic E-state index is 11.6. The minimum atomic E-state index is -0.267. The Hall–Kier alpha value is -2.71. The number of hydrogen-bond acceptors (Lipinski definition) is 6. The number of aromatic nitrogens is 2. The second-order valence-corrected chi connectivity index (χ2v) is 9.19. The third-order valence-corrected chi connectivity index (χ3v) is 6.89. The van der Waals surface area contributed by atoms with E-state index in [2.05, 4.69) is 33.1 Å². The van der Waals surface area contributed by atoms with Crippen LogP contribution in [0.4, 0.5) is 4.79 Å². The van der Waals surface area contributed by atoms with Crippen molar-refractivity contribution in [1.82, 2.24) is 19.8 Å². The Morgan fingerprint density at radius 2 is 1.97 bits per heavy atom. The molecule has 4 heterocycles. The molecule has 0 unspecified atom stereocenters. The van der Waals surface area contributed by atoms with Crippen LogP contribution < -0.4 is 10.5 Å². The highest BCUT2D eigenvalue weighted by Gasteiger charge is 2.41. The van der Waals surface area contributed by atoms with E-state index in [1.807, 2.05) is 30.2 Å². The fourth-order valence-corrected chi connectivity index (χ4v) is 5.48. The van der Waals surface area contributed by atoms with Gasteiger partial charge in [-0.15, -0.1) is 0 Å². The molecule has 2 fully saturated rings. The smallest absolute Gasteiger partial charge is 0.315 e. The highest BCUT2D eigenvalue weighted by Crippen LogP contribution is 2.32. The molecule has 0 radical (unpaired) electrons. The molecule has 1 aromatic carbocycles. The number of likely N-dealkylation sites (tertiary alicyclic amines) is 1. The van der Waals surface area contributed by atoms with Crippen molar-refractivity contribution in [2.24, 2.45) is 5.73 Å². The molecule has 0 spiro atoms. The summed E-state index contributed by atoms with van der Waals surface area (Å²) in [7, 11) is 0. The molecular formula is C22H25N5O2S. The number of amides is 2. The number of carbonyl (C=O) groups excluding carboxylic acids is 1. The zero-order valence-electron chi connectivity index (χ0n) is 17.0. The van der Waals surface area contributed by atoms with Crippen molar-refractivity contribution in [3.63, 3.8) is 0 Å². The van der Waals surface area contributed by atoms with Gasteiger partial charge in [0.25, 0.3) is 5.19 Å². The predicted molar refractivity (Wildman–Crippen MR) is 117 cm³/mol. The molecule has 2 atom stereocenters. The average molecular weight is 424 g/mol. The Balaban J connectivity index is 1.17. The monoisotopic (exact) mass is 423 g/mol. The lowest BCUT2D eigenvalue weighted by atomic mass is 10.1. The van der Waals surface area contributed by atoms with Gasteiger partial charge in [-0.25, -0.2) is 9.78 Å². The van der Waals surface area contributed by atoms with Crippen LogP contribution in [0.1, 0.15) is 24.0 Å². The van der Waals surface area contributed by atoms with E-state index in [0.717, 1.165) is 60.6 Å². The molecule has 7 nitrogen and oxygen atoms in total. The van der Waals surface area contributed by atoms with E-state index in [4.69, 9.17) is 10.5 Å². The van der Waals surface area contributed by atoms with Gasteiger partial charge in [0.1, 0.15) is 5.75 Å². The lowest BCUT2D eigenvalue weighted by Gasteiger charge is -2.40. The van der Waals surface area contributed by atoms with Crippen molar-refractivity contribution in [2.45, 2.75) is 38.3 Å². The summed E-state index contributed by atoms with van der Waals surface area (Å²) >= 11 is 1.51. The number of thiazole rings is 1. The summed E-state index contributed by atoms with van der Waals surface area (Å²) in [4.78, 5) is 24.8. The number of fused-ring (bicyclic) bond motifs is 3. The molecule has 8 heteroatoms. The van der Waals surface area contributed by atoms with Gasteiger partial charge in [-0.3, -0.25) is 4.90 Å². The van der Waals surface area contributed by atoms with Crippen molar-refractivity contribution in [3.8, 4) is 10.9 Å². The predicted octanol–water partition coefficient (Wildman–Crippen LogP) is 3.56. The van der Waals surface area contributed by atoms with Gasteiger partial charge in [0.05, 0.1) is 4.70 Å². The first-order valence-electron chi connectivity index (χ1n) is 10.4. The molecule has 2 aliphatic rings. The first kappa shape index (κ1) is 19.3. The van der Waals surface area contributed by atoms with Crippen molar-refractivity contribution >= 4 is 27.7 Å². The highest BCUT2D eigenvalue weighted by molar-refractivity contribution is 7.20. The summed E-state index contributed by atoms with van der Waals surface area (Å²) < 4.78 is 6.97. The molecule has 2 bridgehead atoms. The SMILES string of the molecule is Cc1cnc2nc(Oc3ccc(CCN4C[C@H]5CC[C@@H](C4)N5C(N)=O)cc3)sc2c1. The summed E-state index contributed by atoms with van der Waals surface area (Å²) in [5.41, 5.74) is 8.66. The van der Waals surface area contributed by atoms with Gasteiger partial charge in [0.15, 0.2) is 5.65 Å². The lowest BCUT2D eigenvalue weighted by Crippen LogP contribution is -2.57. The summed E-state index contributed by atoms with van der Waals surface area (Å²) in [6, 6.07) is 10.6. The number of ether oxygens (including phenoxy) is 1. The third kappa shape index (κ3) is 3.85. The van der Waals surface area contributed by atoms with Crippen LogP contribution in [0.15, 0.2) is 36.5 Å². The molecule has 0 aliphatic carbocycles. The number of benzene rings is 1. The van der Waals surface area contributed by atoms with Crippen LogP contribution in [0.25, 0.3) is 10.3 Å². The highest BCUT2D eigenvalue weighted by atomic mass is 32.1. The second-order valence-electron chi connectivity index (χ2n) is 8.20. The van der Waals surface area contributed by atoms with E-state index < -0.39 is 0 Å². The number of nitrogens with two attached hydrogens (primary N) is 1. The van der Waals surface area contributed by atoms with Crippen LogP contribution in [-0.4, -0.2) is 57.5 Å². The fourth-order valence-electron chi connectivity index (χ4n) is 4.59. The topological polar surface area (TPSA) is 84.6 Å². The molecule has 2 aromatic heterocycles. The maximum Gasteiger partial charge on any atom is 0.315 e. The number of hydrogen-bond donors (Lipinski definition) is 1.